The Morgan fingerprint density at radius 1 is 1.26 bits per heavy atom. The van der Waals surface area contributed by atoms with E-state index in [0.717, 1.165) is 42.3 Å². The normalized spacial score (nSPS) is 23.0. The maximum atomic E-state index is 8.97. The van der Waals surface area contributed by atoms with Crippen molar-refractivity contribution in [2.24, 2.45) is 17.1 Å². The molecule has 5 rings (SSSR count). The number of hydrogen-bond acceptors (Lipinski definition) is 5. The predicted molar refractivity (Wildman–Crippen MR) is 107 cm³/mol. The van der Waals surface area contributed by atoms with Crippen molar-refractivity contribution in [2.45, 2.75) is 13.0 Å². The fourth-order valence-electron chi connectivity index (χ4n) is 4.27. The second-order valence-corrected chi connectivity index (χ2v) is 7.48. The molecule has 2 aromatic heterocycles. The Morgan fingerprint density at radius 3 is 2.81 bits per heavy atom. The highest BCUT2D eigenvalue weighted by Crippen LogP contribution is 2.57. The third kappa shape index (κ3) is 2.84. The minimum absolute atomic E-state index is 0. The summed E-state index contributed by atoms with van der Waals surface area (Å²) in [5.74, 6) is 1.70. The summed E-state index contributed by atoms with van der Waals surface area (Å²) >= 11 is 0. The molecule has 0 unspecified atom stereocenters. The topological polar surface area (TPSA) is 83.8 Å². The molecule has 7 heteroatoms. The fraction of sp³-hybridized carbons (Fsp3) is 0.350. The number of rotatable bonds is 4. The first-order chi connectivity index (χ1) is 12.7. The average molecular weight is 381 g/mol. The molecule has 138 valence electrons. The molecule has 0 amide bonds. The van der Waals surface area contributed by atoms with Crippen molar-refractivity contribution in [1.29, 1.82) is 5.26 Å². The lowest BCUT2D eigenvalue weighted by Crippen LogP contribution is -2.30. The summed E-state index contributed by atoms with van der Waals surface area (Å²) in [6.07, 6.45) is 2.87. The van der Waals surface area contributed by atoms with Crippen LogP contribution in [0.15, 0.2) is 42.6 Å². The number of hydrogen-bond donors (Lipinski definition) is 1. The molecular formula is C20H21ClN6. The lowest BCUT2D eigenvalue weighted by molar-refractivity contribution is 0.540. The Kier molecular flexibility index (Phi) is 4.29. The first-order valence-electron chi connectivity index (χ1n) is 8.98. The molecule has 6 nitrogen and oxygen atoms in total. The summed E-state index contributed by atoms with van der Waals surface area (Å²) < 4.78 is 2.23. The van der Waals surface area contributed by atoms with Crippen LogP contribution in [0.25, 0.3) is 11.0 Å². The van der Waals surface area contributed by atoms with E-state index in [9.17, 15) is 0 Å². The molecule has 0 radical (unpaired) electrons. The van der Waals surface area contributed by atoms with Gasteiger partial charge in [0, 0.05) is 24.7 Å². The molecule has 1 saturated carbocycles. The molecule has 0 spiro atoms. The van der Waals surface area contributed by atoms with Crippen molar-refractivity contribution >= 4 is 29.4 Å². The molecule has 1 aliphatic heterocycles. The van der Waals surface area contributed by atoms with Crippen molar-refractivity contribution in [2.75, 3.05) is 24.5 Å². The van der Waals surface area contributed by atoms with Crippen molar-refractivity contribution in [3.05, 3.63) is 53.9 Å². The van der Waals surface area contributed by atoms with Gasteiger partial charge in [-0.15, -0.1) is 12.4 Å². The zero-order chi connectivity index (χ0) is 17.7. The van der Waals surface area contributed by atoms with Crippen LogP contribution in [-0.2, 0) is 6.54 Å². The van der Waals surface area contributed by atoms with Crippen molar-refractivity contribution in [3.63, 3.8) is 0 Å². The van der Waals surface area contributed by atoms with Gasteiger partial charge in [0.15, 0.2) is 0 Å². The monoisotopic (exact) mass is 380 g/mol. The van der Waals surface area contributed by atoms with Gasteiger partial charge in [0.2, 0.25) is 5.95 Å². The van der Waals surface area contributed by atoms with Gasteiger partial charge in [-0.05, 0) is 43.1 Å². The van der Waals surface area contributed by atoms with Crippen LogP contribution in [0.4, 0.5) is 5.95 Å². The Balaban J connectivity index is 0.00000180. The van der Waals surface area contributed by atoms with Gasteiger partial charge in [-0.1, -0.05) is 12.1 Å². The van der Waals surface area contributed by atoms with Crippen LogP contribution in [-0.4, -0.2) is 34.2 Å². The van der Waals surface area contributed by atoms with Gasteiger partial charge in [0.1, 0.15) is 6.07 Å². The molecule has 2 aliphatic rings. The van der Waals surface area contributed by atoms with E-state index in [1.54, 1.807) is 6.20 Å². The summed E-state index contributed by atoms with van der Waals surface area (Å²) in [6, 6.07) is 14.1. The van der Waals surface area contributed by atoms with E-state index in [0.29, 0.717) is 23.4 Å². The van der Waals surface area contributed by atoms with Crippen LogP contribution in [0.2, 0.25) is 0 Å². The Labute approximate surface area is 164 Å². The Morgan fingerprint density at radius 2 is 2.11 bits per heavy atom. The zero-order valence-corrected chi connectivity index (χ0v) is 15.7. The summed E-state index contributed by atoms with van der Waals surface area (Å²) in [6.45, 7) is 3.41. The zero-order valence-electron chi connectivity index (χ0n) is 14.9. The van der Waals surface area contributed by atoms with E-state index in [-0.39, 0.29) is 12.4 Å². The van der Waals surface area contributed by atoms with Crippen LogP contribution in [0.5, 0.6) is 0 Å². The molecule has 3 heterocycles. The molecule has 3 aromatic rings. The van der Waals surface area contributed by atoms with Crippen LogP contribution >= 0.6 is 12.4 Å². The van der Waals surface area contributed by atoms with Gasteiger partial charge < -0.3 is 15.2 Å². The van der Waals surface area contributed by atoms with Gasteiger partial charge in [0.05, 0.1) is 28.8 Å². The van der Waals surface area contributed by atoms with Crippen LogP contribution < -0.4 is 10.6 Å². The number of para-hydroxylation sites is 2. The molecule has 1 aliphatic carbocycles. The highest BCUT2D eigenvalue weighted by atomic mass is 35.5. The Hall–Kier alpha value is -2.62. The van der Waals surface area contributed by atoms with E-state index in [1.807, 2.05) is 24.3 Å². The first kappa shape index (κ1) is 17.8. The van der Waals surface area contributed by atoms with E-state index in [4.69, 9.17) is 16.0 Å². The van der Waals surface area contributed by atoms with Crippen molar-refractivity contribution in [1.82, 2.24) is 14.5 Å². The first-order valence-corrected chi connectivity index (χ1v) is 8.98. The van der Waals surface area contributed by atoms with Gasteiger partial charge in [-0.3, -0.25) is 4.98 Å². The smallest absolute Gasteiger partial charge is 0.206 e. The Bertz CT molecular complexity index is 1020. The summed E-state index contributed by atoms with van der Waals surface area (Å²) in [4.78, 5) is 11.7. The lowest BCUT2D eigenvalue weighted by atomic mass is 10.1. The van der Waals surface area contributed by atoms with Gasteiger partial charge in [0.25, 0.3) is 0 Å². The van der Waals surface area contributed by atoms with E-state index in [2.05, 4.69) is 32.7 Å². The number of halogens is 1. The molecule has 27 heavy (non-hydrogen) atoms. The summed E-state index contributed by atoms with van der Waals surface area (Å²) in [7, 11) is 0. The fourth-order valence-corrected chi connectivity index (χ4v) is 4.27. The van der Waals surface area contributed by atoms with Crippen LogP contribution in [0, 0.1) is 22.7 Å². The minimum atomic E-state index is 0. The molecule has 0 bridgehead atoms. The quantitative estimate of drug-likeness (QED) is 0.752. The highest BCUT2D eigenvalue weighted by molar-refractivity contribution is 5.85. The number of piperidine rings is 1. The van der Waals surface area contributed by atoms with Crippen LogP contribution in [0.1, 0.15) is 17.7 Å². The van der Waals surface area contributed by atoms with Crippen molar-refractivity contribution < 1.29 is 0 Å². The van der Waals surface area contributed by atoms with E-state index >= 15 is 0 Å². The number of nitriles is 1. The number of anilines is 1. The van der Waals surface area contributed by atoms with E-state index in [1.165, 1.54) is 6.42 Å². The number of nitrogens with two attached hydrogens (primary N) is 1. The average Bonchev–Trinajstić information content (AvgIpc) is 3.07. The van der Waals surface area contributed by atoms with Gasteiger partial charge >= 0.3 is 0 Å². The third-order valence-corrected chi connectivity index (χ3v) is 5.90. The lowest BCUT2D eigenvalue weighted by Gasteiger charge is -2.22. The number of imidazole rings is 1. The van der Waals surface area contributed by atoms with E-state index < -0.39 is 0 Å². The number of aromatic nitrogens is 3. The maximum Gasteiger partial charge on any atom is 0.206 e. The molecule has 1 saturated heterocycles. The number of benzene rings is 1. The molecule has 1 aromatic carbocycles. The van der Waals surface area contributed by atoms with Crippen LogP contribution in [0.3, 0.4) is 0 Å². The largest absolute Gasteiger partial charge is 0.341 e. The summed E-state index contributed by atoms with van der Waals surface area (Å²) in [5.41, 5.74) is 9.93. The number of fused-ring (bicyclic) bond motifs is 2. The minimum Gasteiger partial charge on any atom is -0.341 e. The molecule has 2 N–H and O–H groups in total. The maximum absolute atomic E-state index is 8.97. The third-order valence-electron chi connectivity index (χ3n) is 5.90. The van der Waals surface area contributed by atoms with Gasteiger partial charge in [-0.2, -0.15) is 5.26 Å². The molecule has 2 fully saturated rings. The number of nitrogens with zero attached hydrogens (tertiary/aromatic N) is 5. The summed E-state index contributed by atoms with van der Waals surface area (Å²) in [5, 5.41) is 8.97. The standard InChI is InChI=1S/C20H20N6.ClH/c21-8-14-5-6-16(23-9-14)11-26-18-4-2-1-3-17(18)24-19(26)25-10-15-7-20(15,12-22)13-25;/h1-6,9,15H,7,10-13,22H2;1H/t15-,20-;/m0./s1. The second-order valence-electron chi connectivity index (χ2n) is 7.48. The second kappa shape index (κ2) is 6.52. The SMILES string of the molecule is Cl.N#Cc1ccc(Cn2c(N3C[C@@H]4C[C@]4(CN)C3)nc3ccccc32)nc1. The number of pyridine rings is 1. The highest BCUT2D eigenvalue weighted by Gasteiger charge is 2.59. The molecule has 2 atom stereocenters. The van der Waals surface area contributed by atoms with Gasteiger partial charge in [-0.25, -0.2) is 4.98 Å². The molecular weight excluding hydrogens is 360 g/mol. The predicted octanol–water partition coefficient (Wildman–Crippen LogP) is 2.56. The van der Waals surface area contributed by atoms with Crippen molar-refractivity contribution in [3.8, 4) is 6.07 Å².